The molecule has 0 saturated carbocycles. The summed E-state index contributed by atoms with van der Waals surface area (Å²) in [6, 6.07) is 17.1. The molecule has 0 unspecified atom stereocenters. The summed E-state index contributed by atoms with van der Waals surface area (Å²) < 4.78 is 2.97. The van der Waals surface area contributed by atoms with Crippen LogP contribution in [0.3, 0.4) is 0 Å². The minimum atomic E-state index is -0.533. The Kier molecular flexibility index (Phi) is 5.81. The van der Waals surface area contributed by atoms with Crippen LogP contribution in [-0.2, 0) is 13.6 Å². The highest BCUT2D eigenvalue weighted by molar-refractivity contribution is 6.30. The van der Waals surface area contributed by atoms with Gasteiger partial charge in [-0.05, 0) is 29.3 Å². The van der Waals surface area contributed by atoms with Gasteiger partial charge in [-0.2, -0.15) is 10.1 Å². The van der Waals surface area contributed by atoms with Gasteiger partial charge in [0.15, 0.2) is 11.2 Å². The molecule has 0 saturated heterocycles. The van der Waals surface area contributed by atoms with E-state index in [1.807, 2.05) is 48.5 Å². The van der Waals surface area contributed by atoms with Crippen LogP contribution in [0.2, 0.25) is 5.02 Å². The average molecular weight is 435 g/mol. The summed E-state index contributed by atoms with van der Waals surface area (Å²) in [7, 11) is 1.55. The fraction of sp³-hybridized carbons (Fsp3) is 0.0909. The number of benzene rings is 2. The number of H-pyrrole nitrogens is 1. The van der Waals surface area contributed by atoms with Crippen LogP contribution in [-0.4, -0.2) is 25.3 Å². The summed E-state index contributed by atoms with van der Waals surface area (Å²) >= 11 is 5.98. The van der Waals surface area contributed by atoms with Crippen molar-refractivity contribution in [2.75, 3.05) is 5.43 Å². The quantitative estimate of drug-likeness (QED) is 0.359. The van der Waals surface area contributed by atoms with Crippen LogP contribution in [0.25, 0.3) is 17.2 Å². The smallest absolute Gasteiger partial charge is 0.298 e. The van der Waals surface area contributed by atoms with E-state index in [9.17, 15) is 9.59 Å². The Morgan fingerprint density at radius 3 is 2.61 bits per heavy atom. The Morgan fingerprint density at radius 2 is 1.87 bits per heavy atom. The highest BCUT2D eigenvalue weighted by Gasteiger charge is 2.17. The van der Waals surface area contributed by atoms with E-state index < -0.39 is 11.2 Å². The molecule has 2 aromatic carbocycles. The van der Waals surface area contributed by atoms with Gasteiger partial charge in [0.2, 0.25) is 5.95 Å². The van der Waals surface area contributed by atoms with Gasteiger partial charge in [0.05, 0.1) is 6.54 Å². The molecule has 9 heteroatoms. The predicted octanol–water partition coefficient (Wildman–Crippen LogP) is 3.24. The van der Waals surface area contributed by atoms with E-state index in [1.165, 1.54) is 4.57 Å². The van der Waals surface area contributed by atoms with E-state index >= 15 is 0 Å². The first-order valence-corrected chi connectivity index (χ1v) is 9.85. The number of fused-ring (bicyclic) bond motifs is 1. The van der Waals surface area contributed by atoms with E-state index in [2.05, 4.69) is 20.5 Å². The summed E-state index contributed by atoms with van der Waals surface area (Å²) in [5.41, 5.74) is 4.32. The number of nitrogens with one attached hydrogen (secondary N) is 2. The molecule has 0 fully saturated rings. The highest BCUT2D eigenvalue weighted by atomic mass is 35.5. The molecule has 2 N–H and O–H groups in total. The number of aryl methyl sites for hydroxylation is 1. The van der Waals surface area contributed by atoms with Crippen molar-refractivity contribution < 1.29 is 0 Å². The van der Waals surface area contributed by atoms with Crippen LogP contribution in [0.15, 0.2) is 75.4 Å². The molecule has 2 heterocycles. The second kappa shape index (κ2) is 8.85. The first-order valence-electron chi connectivity index (χ1n) is 9.48. The number of hydrazone groups is 1. The van der Waals surface area contributed by atoms with Gasteiger partial charge in [0.25, 0.3) is 5.56 Å². The molecule has 8 nitrogen and oxygen atoms in total. The van der Waals surface area contributed by atoms with E-state index in [1.54, 1.807) is 36.0 Å². The van der Waals surface area contributed by atoms with Crippen LogP contribution in [0.5, 0.6) is 0 Å². The lowest BCUT2D eigenvalue weighted by Gasteiger charge is -2.08. The number of hydrogen-bond acceptors (Lipinski definition) is 5. The monoisotopic (exact) mass is 434 g/mol. The van der Waals surface area contributed by atoms with E-state index in [-0.39, 0.29) is 11.2 Å². The number of halogens is 1. The molecule has 0 aliphatic heterocycles. The number of anilines is 1. The molecule has 0 spiro atoms. The largest absolute Gasteiger partial charge is 0.329 e. The van der Waals surface area contributed by atoms with Gasteiger partial charge >= 0.3 is 5.69 Å². The van der Waals surface area contributed by atoms with Gasteiger partial charge in [0.1, 0.15) is 0 Å². The Balaban J connectivity index is 1.68. The van der Waals surface area contributed by atoms with Gasteiger partial charge in [0, 0.05) is 18.3 Å². The fourth-order valence-corrected chi connectivity index (χ4v) is 3.23. The van der Waals surface area contributed by atoms with Gasteiger partial charge in [-0.15, -0.1) is 0 Å². The molecule has 0 radical (unpaired) electrons. The number of aromatic amines is 1. The summed E-state index contributed by atoms with van der Waals surface area (Å²) in [6.45, 7) is 0.340. The van der Waals surface area contributed by atoms with Crippen LogP contribution in [0, 0.1) is 0 Å². The van der Waals surface area contributed by atoms with Crippen molar-refractivity contribution in [1.29, 1.82) is 0 Å². The molecular weight excluding hydrogens is 416 g/mol. The van der Waals surface area contributed by atoms with Crippen LogP contribution in [0.1, 0.15) is 11.1 Å². The lowest BCUT2D eigenvalue weighted by molar-refractivity contribution is 0.808. The van der Waals surface area contributed by atoms with Crippen molar-refractivity contribution in [3.63, 3.8) is 0 Å². The number of allylic oxidation sites excluding steroid dienone is 1. The molecule has 2 aromatic heterocycles. The second-order valence-electron chi connectivity index (χ2n) is 6.80. The standard InChI is InChI=1S/C22H19ClN6O2/c1-28-19-18(20(30)26-22(28)31)29(14-16-9-11-17(23)12-10-16)21(25-19)27-24-13-5-8-15-6-3-2-4-7-15/h2-13H,14H2,1H3,(H,25,27)(H,26,30,31)/b8-5+,24-13+. The first kappa shape index (κ1) is 20.4. The zero-order chi connectivity index (χ0) is 21.8. The van der Waals surface area contributed by atoms with E-state index in [4.69, 9.17) is 11.6 Å². The second-order valence-corrected chi connectivity index (χ2v) is 7.23. The van der Waals surface area contributed by atoms with Gasteiger partial charge in [-0.1, -0.05) is 60.1 Å². The van der Waals surface area contributed by atoms with E-state index in [0.717, 1.165) is 11.1 Å². The van der Waals surface area contributed by atoms with Crippen molar-refractivity contribution in [3.8, 4) is 0 Å². The Hall–Kier alpha value is -3.91. The predicted molar refractivity (Wildman–Crippen MR) is 124 cm³/mol. The Morgan fingerprint density at radius 1 is 1.13 bits per heavy atom. The minimum absolute atomic E-state index is 0.264. The zero-order valence-electron chi connectivity index (χ0n) is 16.6. The number of rotatable bonds is 6. The number of hydrogen-bond donors (Lipinski definition) is 2. The third kappa shape index (κ3) is 4.49. The normalized spacial score (nSPS) is 11.7. The SMILES string of the molecule is Cn1c(=O)[nH]c(=O)c2c1nc(N/N=C/C=C/c1ccccc1)n2Cc1ccc(Cl)cc1. The molecule has 4 rings (SSSR count). The molecule has 4 aromatic rings. The van der Waals surface area contributed by atoms with E-state index in [0.29, 0.717) is 17.5 Å². The third-order valence-corrected chi connectivity index (χ3v) is 4.93. The molecule has 0 aliphatic carbocycles. The molecule has 156 valence electrons. The number of aromatic nitrogens is 4. The molecule has 0 amide bonds. The molecular formula is C22H19ClN6O2. The lowest BCUT2D eigenvalue weighted by atomic mass is 10.2. The maximum absolute atomic E-state index is 12.5. The molecule has 31 heavy (non-hydrogen) atoms. The molecule has 0 bridgehead atoms. The molecule has 0 atom stereocenters. The van der Waals surface area contributed by atoms with Gasteiger partial charge in [-0.3, -0.25) is 18.9 Å². The van der Waals surface area contributed by atoms with Gasteiger partial charge in [-0.25, -0.2) is 10.2 Å². The highest BCUT2D eigenvalue weighted by Crippen LogP contribution is 2.19. The van der Waals surface area contributed by atoms with Crippen molar-refractivity contribution >= 4 is 41.0 Å². The first-order chi connectivity index (χ1) is 15.0. The number of imidazole rings is 1. The van der Waals surface area contributed by atoms with Crippen LogP contribution >= 0.6 is 11.6 Å². The summed E-state index contributed by atoms with van der Waals surface area (Å²) in [5, 5.41) is 4.80. The number of nitrogens with zero attached hydrogens (tertiary/aromatic N) is 4. The summed E-state index contributed by atoms with van der Waals surface area (Å²) in [4.78, 5) is 31.3. The van der Waals surface area contributed by atoms with Crippen molar-refractivity contribution in [2.24, 2.45) is 12.1 Å². The topological polar surface area (TPSA) is 97.1 Å². The maximum atomic E-state index is 12.5. The average Bonchev–Trinajstić information content (AvgIpc) is 3.13. The molecule has 0 aliphatic rings. The third-order valence-electron chi connectivity index (χ3n) is 4.67. The summed E-state index contributed by atoms with van der Waals surface area (Å²) in [6.07, 6.45) is 5.29. The van der Waals surface area contributed by atoms with Crippen molar-refractivity contribution in [2.45, 2.75) is 6.54 Å². The Labute approximate surface area is 182 Å². The van der Waals surface area contributed by atoms with Crippen molar-refractivity contribution in [3.05, 3.63) is 97.7 Å². The summed E-state index contributed by atoms with van der Waals surface area (Å²) in [5.74, 6) is 0.334. The Bertz CT molecular complexity index is 1380. The van der Waals surface area contributed by atoms with Crippen LogP contribution < -0.4 is 16.7 Å². The lowest BCUT2D eigenvalue weighted by Crippen LogP contribution is -2.29. The van der Waals surface area contributed by atoms with Gasteiger partial charge < -0.3 is 0 Å². The maximum Gasteiger partial charge on any atom is 0.329 e. The fourth-order valence-electron chi connectivity index (χ4n) is 3.10. The zero-order valence-corrected chi connectivity index (χ0v) is 17.4. The van der Waals surface area contributed by atoms with Crippen molar-refractivity contribution in [1.82, 2.24) is 19.1 Å². The minimum Gasteiger partial charge on any atom is -0.298 e. The van der Waals surface area contributed by atoms with Crippen LogP contribution in [0.4, 0.5) is 5.95 Å².